The summed E-state index contributed by atoms with van der Waals surface area (Å²) >= 11 is 0. The standard InChI is InChI=1S/C30H47NO10/c1-9-11-19(3)38-28(35)40-24-14-13-22(16-25(24)41-29(36)39-20(4)12-10-2)15-23(27(33)34)31-18-21(5)37-26(32)17-30(6,7)8/h13-14,16,19-21,23,31H,9-12,15,17-18H2,1-8H3,(H,33,34)/t19?,20?,21?,23-/m0/s1. The van der Waals surface area contributed by atoms with Gasteiger partial charge in [-0.15, -0.1) is 0 Å². The Hall–Kier alpha value is -3.34. The molecule has 3 unspecified atom stereocenters. The van der Waals surface area contributed by atoms with Gasteiger partial charge < -0.3 is 34.1 Å². The van der Waals surface area contributed by atoms with E-state index in [2.05, 4.69) is 5.32 Å². The van der Waals surface area contributed by atoms with Crippen molar-refractivity contribution >= 4 is 24.2 Å². The molecular weight excluding hydrogens is 534 g/mol. The lowest BCUT2D eigenvalue weighted by Crippen LogP contribution is -2.42. The first-order valence-electron chi connectivity index (χ1n) is 14.2. The Labute approximate surface area is 243 Å². The summed E-state index contributed by atoms with van der Waals surface area (Å²) < 4.78 is 26.5. The van der Waals surface area contributed by atoms with Gasteiger partial charge in [0.05, 0.1) is 6.42 Å². The van der Waals surface area contributed by atoms with E-state index in [0.717, 1.165) is 12.8 Å². The molecule has 0 radical (unpaired) electrons. The smallest absolute Gasteiger partial charge is 0.480 e. The number of esters is 1. The SMILES string of the molecule is CCCC(C)OC(=O)Oc1ccc(C[C@H](NCC(C)OC(=O)CC(C)(C)C)C(=O)O)cc1OC(=O)OC(C)CCC. The fourth-order valence-electron chi connectivity index (χ4n) is 3.86. The average molecular weight is 582 g/mol. The van der Waals surface area contributed by atoms with Crippen LogP contribution in [0.2, 0.25) is 0 Å². The van der Waals surface area contributed by atoms with Crippen LogP contribution in [0, 0.1) is 5.41 Å². The third kappa shape index (κ3) is 15.3. The monoisotopic (exact) mass is 581 g/mol. The van der Waals surface area contributed by atoms with Crippen LogP contribution >= 0.6 is 0 Å². The average Bonchev–Trinajstić information content (AvgIpc) is 2.81. The van der Waals surface area contributed by atoms with Crippen LogP contribution in [0.4, 0.5) is 9.59 Å². The number of carbonyl (C=O) groups is 4. The molecule has 0 aliphatic heterocycles. The van der Waals surface area contributed by atoms with Crippen molar-refractivity contribution in [2.24, 2.45) is 5.41 Å². The molecule has 11 nitrogen and oxygen atoms in total. The van der Waals surface area contributed by atoms with Crippen molar-refractivity contribution in [1.29, 1.82) is 0 Å². The molecule has 1 rings (SSSR count). The lowest BCUT2D eigenvalue weighted by Gasteiger charge is -2.21. The Morgan fingerprint density at radius 1 is 0.829 bits per heavy atom. The van der Waals surface area contributed by atoms with Crippen LogP contribution in [-0.2, 0) is 30.2 Å². The number of rotatable bonds is 16. The van der Waals surface area contributed by atoms with E-state index in [0.29, 0.717) is 18.4 Å². The Morgan fingerprint density at radius 3 is 1.85 bits per heavy atom. The molecule has 11 heteroatoms. The van der Waals surface area contributed by atoms with Crippen molar-refractivity contribution in [2.75, 3.05) is 6.54 Å². The largest absolute Gasteiger partial charge is 0.514 e. The Bertz CT molecular complexity index is 1000. The van der Waals surface area contributed by atoms with E-state index in [1.54, 1.807) is 26.8 Å². The summed E-state index contributed by atoms with van der Waals surface area (Å²) in [6.07, 6.45) is -0.122. The molecule has 0 amide bonds. The summed E-state index contributed by atoms with van der Waals surface area (Å²) in [7, 11) is 0. The number of nitrogens with one attached hydrogen (secondary N) is 1. The number of benzene rings is 1. The minimum Gasteiger partial charge on any atom is -0.480 e. The van der Waals surface area contributed by atoms with E-state index in [9.17, 15) is 24.3 Å². The molecule has 0 aliphatic rings. The number of aliphatic carboxylic acids is 1. The van der Waals surface area contributed by atoms with Gasteiger partial charge in [0.15, 0.2) is 11.5 Å². The third-order valence-electron chi connectivity index (χ3n) is 5.78. The highest BCUT2D eigenvalue weighted by Crippen LogP contribution is 2.30. The second-order valence-electron chi connectivity index (χ2n) is 11.5. The van der Waals surface area contributed by atoms with Crippen molar-refractivity contribution in [3.63, 3.8) is 0 Å². The Morgan fingerprint density at radius 2 is 1.37 bits per heavy atom. The molecule has 0 fully saturated rings. The zero-order valence-electron chi connectivity index (χ0n) is 25.6. The summed E-state index contributed by atoms with van der Waals surface area (Å²) in [6.45, 7) is 14.9. The van der Waals surface area contributed by atoms with Gasteiger partial charge in [-0.3, -0.25) is 9.59 Å². The molecule has 4 atom stereocenters. The molecule has 0 heterocycles. The van der Waals surface area contributed by atoms with Gasteiger partial charge in [0.1, 0.15) is 24.4 Å². The number of hydrogen-bond acceptors (Lipinski definition) is 10. The minimum atomic E-state index is -1.12. The van der Waals surface area contributed by atoms with Crippen LogP contribution in [0.1, 0.15) is 93.1 Å². The molecule has 232 valence electrons. The van der Waals surface area contributed by atoms with Gasteiger partial charge in [-0.2, -0.15) is 0 Å². The summed E-state index contributed by atoms with van der Waals surface area (Å²) in [5.41, 5.74) is 0.251. The van der Waals surface area contributed by atoms with E-state index >= 15 is 0 Å². The molecule has 0 aliphatic carbocycles. The van der Waals surface area contributed by atoms with Crippen LogP contribution in [0.5, 0.6) is 11.5 Å². The van der Waals surface area contributed by atoms with E-state index in [1.807, 2.05) is 34.6 Å². The Balaban J connectivity index is 3.03. The highest BCUT2D eigenvalue weighted by Gasteiger charge is 2.24. The highest BCUT2D eigenvalue weighted by atomic mass is 16.7. The van der Waals surface area contributed by atoms with Gasteiger partial charge in [0.25, 0.3) is 0 Å². The van der Waals surface area contributed by atoms with Crippen LogP contribution in [0.15, 0.2) is 18.2 Å². The van der Waals surface area contributed by atoms with E-state index in [-0.39, 0.29) is 54.5 Å². The third-order valence-corrected chi connectivity index (χ3v) is 5.78. The molecule has 0 aromatic heterocycles. The van der Waals surface area contributed by atoms with Crippen molar-refractivity contribution < 1.29 is 48.0 Å². The molecule has 1 aromatic rings. The first-order chi connectivity index (χ1) is 19.1. The summed E-state index contributed by atoms with van der Waals surface area (Å²) in [6, 6.07) is 3.32. The van der Waals surface area contributed by atoms with Gasteiger partial charge >= 0.3 is 24.2 Å². The van der Waals surface area contributed by atoms with Crippen molar-refractivity contribution in [1.82, 2.24) is 5.32 Å². The molecule has 1 aromatic carbocycles. The maximum absolute atomic E-state index is 12.4. The predicted octanol–water partition coefficient (Wildman–Crippen LogP) is 6.05. The number of carboxylic acids is 1. The van der Waals surface area contributed by atoms with Crippen molar-refractivity contribution in [3.8, 4) is 11.5 Å². The predicted molar refractivity (Wildman–Crippen MR) is 152 cm³/mol. The van der Waals surface area contributed by atoms with Crippen molar-refractivity contribution in [3.05, 3.63) is 23.8 Å². The van der Waals surface area contributed by atoms with Crippen LogP contribution in [0.25, 0.3) is 0 Å². The van der Waals surface area contributed by atoms with Crippen LogP contribution < -0.4 is 14.8 Å². The molecule has 0 spiro atoms. The lowest BCUT2D eigenvalue weighted by molar-refractivity contribution is -0.150. The van der Waals surface area contributed by atoms with Gasteiger partial charge in [0.2, 0.25) is 0 Å². The first kappa shape index (κ1) is 35.7. The number of hydrogen-bond donors (Lipinski definition) is 2. The normalized spacial score (nSPS) is 14.2. The summed E-state index contributed by atoms with van der Waals surface area (Å²) in [5.74, 6) is -1.69. The highest BCUT2D eigenvalue weighted by molar-refractivity contribution is 5.74. The molecule has 41 heavy (non-hydrogen) atoms. The molecular formula is C30H47NO10. The molecule has 0 saturated heterocycles. The van der Waals surface area contributed by atoms with E-state index in [4.69, 9.17) is 23.7 Å². The maximum atomic E-state index is 12.4. The van der Waals surface area contributed by atoms with Gasteiger partial charge in [-0.05, 0) is 63.1 Å². The fraction of sp³-hybridized carbons (Fsp3) is 0.667. The molecule has 2 N–H and O–H groups in total. The number of carbonyl (C=O) groups excluding carboxylic acids is 3. The first-order valence-corrected chi connectivity index (χ1v) is 14.2. The van der Waals surface area contributed by atoms with E-state index in [1.165, 1.54) is 12.1 Å². The van der Waals surface area contributed by atoms with E-state index < -0.39 is 30.4 Å². The fourth-order valence-corrected chi connectivity index (χ4v) is 3.86. The van der Waals surface area contributed by atoms with Gasteiger partial charge in [-0.25, -0.2) is 9.59 Å². The molecule has 0 bridgehead atoms. The zero-order valence-corrected chi connectivity index (χ0v) is 25.6. The zero-order chi connectivity index (χ0) is 31.2. The maximum Gasteiger partial charge on any atom is 0.514 e. The summed E-state index contributed by atoms with van der Waals surface area (Å²) in [5, 5.41) is 12.7. The minimum absolute atomic E-state index is 0.00606. The second kappa shape index (κ2) is 17.5. The van der Waals surface area contributed by atoms with Crippen LogP contribution in [0.3, 0.4) is 0 Å². The van der Waals surface area contributed by atoms with Gasteiger partial charge in [0, 0.05) is 6.54 Å². The lowest BCUT2D eigenvalue weighted by atomic mass is 9.92. The Kier molecular flexibility index (Phi) is 15.2. The summed E-state index contributed by atoms with van der Waals surface area (Å²) in [4.78, 5) is 48.8. The van der Waals surface area contributed by atoms with Gasteiger partial charge in [-0.1, -0.05) is 53.5 Å². The quantitative estimate of drug-likeness (QED) is 0.134. The van der Waals surface area contributed by atoms with Crippen LogP contribution in [-0.4, -0.2) is 60.3 Å². The van der Waals surface area contributed by atoms with Crippen molar-refractivity contribution in [2.45, 2.75) is 118 Å². The topological polar surface area (TPSA) is 147 Å². The number of ether oxygens (including phenoxy) is 5. The second-order valence-corrected chi connectivity index (χ2v) is 11.5. The number of carboxylic acid groups (broad SMARTS) is 1. The molecule has 0 saturated carbocycles.